The van der Waals surface area contributed by atoms with Gasteiger partial charge in [-0.2, -0.15) is 0 Å². The van der Waals surface area contributed by atoms with Gasteiger partial charge in [0, 0.05) is 17.5 Å². The van der Waals surface area contributed by atoms with Crippen LogP contribution < -0.4 is 9.47 Å². The Kier molecular flexibility index (Phi) is 5.35. The van der Waals surface area contributed by atoms with Crippen LogP contribution in [-0.2, 0) is 0 Å². The van der Waals surface area contributed by atoms with Crippen LogP contribution in [-0.4, -0.2) is 14.2 Å². The highest BCUT2D eigenvalue weighted by atomic mass is 16.5. The highest BCUT2D eigenvalue weighted by Crippen LogP contribution is 2.45. The van der Waals surface area contributed by atoms with E-state index in [0.29, 0.717) is 5.92 Å². The fourth-order valence-electron chi connectivity index (χ4n) is 2.97. The van der Waals surface area contributed by atoms with Gasteiger partial charge in [-0.3, -0.25) is 0 Å². The van der Waals surface area contributed by atoms with E-state index in [-0.39, 0.29) is 11.3 Å². The predicted octanol–water partition coefficient (Wildman–Crippen LogP) is 5.52. The normalized spacial score (nSPS) is 14.2. The van der Waals surface area contributed by atoms with Crippen LogP contribution in [0.5, 0.6) is 11.5 Å². The maximum Gasteiger partial charge on any atom is 0.126 e. The van der Waals surface area contributed by atoms with Crippen LogP contribution in [0.2, 0.25) is 0 Å². The minimum absolute atomic E-state index is 0.186. The Hall–Kier alpha value is -1.96. The number of hydrogen-bond donors (Lipinski definition) is 0. The zero-order chi connectivity index (χ0) is 17.0. The summed E-state index contributed by atoms with van der Waals surface area (Å²) in [5.41, 5.74) is 2.71. The van der Waals surface area contributed by atoms with E-state index in [1.54, 1.807) is 14.2 Å². The van der Waals surface area contributed by atoms with E-state index in [0.717, 1.165) is 11.5 Å². The third-order valence-electron chi connectivity index (χ3n) is 4.80. The van der Waals surface area contributed by atoms with Crippen LogP contribution >= 0.6 is 0 Å². The van der Waals surface area contributed by atoms with E-state index in [1.165, 1.54) is 11.1 Å². The Labute approximate surface area is 140 Å². The van der Waals surface area contributed by atoms with Gasteiger partial charge in [-0.15, -0.1) is 0 Å². The molecule has 0 radical (unpaired) electrons. The first-order valence-corrected chi connectivity index (χ1v) is 8.15. The first-order chi connectivity index (χ1) is 10.9. The molecule has 0 amide bonds. The molecule has 0 bridgehead atoms. The molecular formula is C21H28O2. The number of hydrogen-bond acceptors (Lipinski definition) is 2. The Balaban J connectivity index is 2.59. The standard InChI is InChI=1S/C21H28O2/c1-15(21(2,3)4)20(16-10-8-7-9-11-16)18-13-12-17(22-5)14-19(18)23-6/h7-15,20H,1-6H3/t15-,20+/m1/s1. The molecule has 0 aliphatic rings. The molecule has 0 saturated carbocycles. The van der Waals surface area contributed by atoms with Crippen molar-refractivity contribution in [2.75, 3.05) is 14.2 Å². The number of rotatable bonds is 5. The molecule has 0 aliphatic carbocycles. The molecular weight excluding hydrogens is 284 g/mol. The van der Waals surface area contributed by atoms with Crippen molar-refractivity contribution in [2.45, 2.75) is 33.6 Å². The topological polar surface area (TPSA) is 18.5 Å². The number of benzene rings is 2. The highest BCUT2D eigenvalue weighted by Gasteiger charge is 2.32. The lowest BCUT2D eigenvalue weighted by atomic mass is 9.69. The van der Waals surface area contributed by atoms with Gasteiger partial charge in [0.05, 0.1) is 14.2 Å². The molecule has 2 aromatic carbocycles. The first kappa shape index (κ1) is 17.4. The summed E-state index contributed by atoms with van der Waals surface area (Å²) in [5.74, 6) is 2.43. The quantitative estimate of drug-likeness (QED) is 0.724. The van der Waals surface area contributed by atoms with Crippen molar-refractivity contribution in [2.24, 2.45) is 11.3 Å². The van der Waals surface area contributed by atoms with Crippen LogP contribution in [0.25, 0.3) is 0 Å². The van der Waals surface area contributed by atoms with Crippen LogP contribution in [0.4, 0.5) is 0 Å². The third kappa shape index (κ3) is 3.87. The van der Waals surface area contributed by atoms with Gasteiger partial charge in [-0.1, -0.05) is 64.1 Å². The molecule has 2 heteroatoms. The molecule has 0 unspecified atom stereocenters. The second kappa shape index (κ2) is 7.08. The summed E-state index contributed by atoms with van der Waals surface area (Å²) in [6, 6.07) is 16.8. The molecule has 2 nitrogen and oxygen atoms in total. The largest absolute Gasteiger partial charge is 0.497 e. The molecule has 23 heavy (non-hydrogen) atoms. The van der Waals surface area contributed by atoms with Gasteiger partial charge < -0.3 is 9.47 Å². The lowest BCUT2D eigenvalue weighted by molar-refractivity contribution is 0.234. The van der Waals surface area contributed by atoms with Crippen molar-refractivity contribution in [1.82, 2.24) is 0 Å². The van der Waals surface area contributed by atoms with Crippen LogP contribution in [0.15, 0.2) is 48.5 Å². The third-order valence-corrected chi connectivity index (χ3v) is 4.80. The van der Waals surface area contributed by atoms with Gasteiger partial charge in [0.15, 0.2) is 0 Å². The van der Waals surface area contributed by atoms with Crippen molar-refractivity contribution >= 4 is 0 Å². The zero-order valence-electron chi connectivity index (χ0n) is 15.1. The number of ether oxygens (including phenoxy) is 2. The average molecular weight is 312 g/mol. The fourth-order valence-corrected chi connectivity index (χ4v) is 2.97. The zero-order valence-corrected chi connectivity index (χ0v) is 15.1. The molecule has 0 saturated heterocycles. The van der Waals surface area contributed by atoms with Crippen molar-refractivity contribution < 1.29 is 9.47 Å². The Morgan fingerprint density at radius 2 is 1.52 bits per heavy atom. The summed E-state index contributed by atoms with van der Waals surface area (Å²) >= 11 is 0. The predicted molar refractivity (Wildman–Crippen MR) is 96.5 cm³/mol. The van der Waals surface area contributed by atoms with Crippen LogP contribution in [0, 0.1) is 11.3 Å². The summed E-state index contributed by atoms with van der Waals surface area (Å²) in [4.78, 5) is 0. The lowest BCUT2D eigenvalue weighted by Gasteiger charge is -2.36. The van der Waals surface area contributed by atoms with Crippen molar-refractivity contribution in [1.29, 1.82) is 0 Å². The molecule has 0 N–H and O–H groups in total. The second-order valence-electron chi connectivity index (χ2n) is 7.15. The Bertz CT molecular complexity index is 626. The molecule has 0 aliphatic heterocycles. The average Bonchev–Trinajstić information content (AvgIpc) is 2.55. The van der Waals surface area contributed by atoms with Crippen LogP contribution in [0.3, 0.4) is 0 Å². The molecule has 0 spiro atoms. The summed E-state index contributed by atoms with van der Waals surface area (Å²) in [5, 5.41) is 0. The molecule has 2 aromatic rings. The molecule has 2 atom stereocenters. The van der Waals surface area contributed by atoms with E-state index in [2.05, 4.69) is 64.1 Å². The summed E-state index contributed by atoms with van der Waals surface area (Å²) in [6.45, 7) is 9.21. The maximum atomic E-state index is 5.67. The Morgan fingerprint density at radius 3 is 2.04 bits per heavy atom. The summed E-state index contributed by atoms with van der Waals surface area (Å²) < 4.78 is 11.0. The minimum Gasteiger partial charge on any atom is -0.497 e. The van der Waals surface area contributed by atoms with Crippen molar-refractivity contribution in [3.05, 3.63) is 59.7 Å². The first-order valence-electron chi connectivity index (χ1n) is 8.15. The minimum atomic E-state index is 0.186. The van der Waals surface area contributed by atoms with Crippen molar-refractivity contribution in [3.63, 3.8) is 0 Å². The maximum absolute atomic E-state index is 5.67. The lowest BCUT2D eigenvalue weighted by Crippen LogP contribution is -2.25. The van der Waals surface area contributed by atoms with E-state index >= 15 is 0 Å². The van der Waals surface area contributed by atoms with Gasteiger partial charge >= 0.3 is 0 Å². The fraction of sp³-hybridized carbons (Fsp3) is 0.429. The summed E-state index contributed by atoms with van der Waals surface area (Å²) in [6.07, 6.45) is 0. The summed E-state index contributed by atoms with van der Waals surface area (Å²) in [7, 11) is 3.41. The smallest absolute Gasteiger partial charge is 0.126 e. The van der Waals surface area contributed by atoms with Crippen LogP contribution in [0.1, 0.15) is 44.7 Å². The SMILES string of the molecule is COc1ccc([C@H](c2ccccc2)[C@@H](C)C(C)(C)C)c(OC)c1. The molecule has 0 fully saturated rings. The second-order valence-corrected chi connectivity index (χ2v) is 7.15. The van der Waals surface area contributed by atoms with Gasteiger partial charge in [-0.05, 0) is 23.0 Å². The van der Waals surface area contributed by atoms with E-state index < -0.39 is 0 Å². The molecule has 0 heterocycles. The highest BCUT2D eigenvalue weighted by molar-refractivity contribution is 5.47. The van der Waals surface area contributed by atoms with E-state index in [4.69, 9.17) is 9.47 Å². The molecule has 0 aromatic heterocycles. The monoisotopic (exact) mass is 312 g/mol. The van der Waals surface area contributed by atoms with Gasteiger partial charge in [-0.25, -0.2) is 0 Å². The molecule has 2 rings (SSSR count). The van der Waals surface area contributed by atoms with E-state index in [1.807, 2.05) is 12.1 Å². The van der Waals surface area contributed by atoms with Gasteiger partial charge in [0.25, 0.3) is 0 Å². The van der Waals surface area contributed by atoms with Crippen molar-refractivity contribution in [3.8, 4) is 11.5 Å². The van der Waals surface area contributed by atoms with Gasteiger partial charge in [0.1, 0.15) is 11.5 Å². The molecule has 124 valence electrons. The van der Waals surface area contributed by atoms with Gasteiger partial charge in [0.2, 0.25) is 0 Å². The Morgan fingerprint density at radius 1 is 0.870 bits per heavy atom. The van der Waals surface area contributed by atoms with E-state index in [9.17, 15) is 0 Å². The number of methoxy groups -OCH3 is 2.